The Balaban J connectivity index is 0.00000109. The summed E-state index contributed by atoms with van der Waals surface area (Å²) in [4.78, 5) is 0. The molecule has 25 heavy (non-hydrogen) atoms. The van der Waals surface area contributed by atoms with Crippen molar-refractivity contribution >= 4 is 12.2 Å². The summed E-state index contributed by atoms with van der Waals surface area (Å²) in [7, 11) is 0. The molecule has 0 unspecified atom stereocenters. The normalized spacial score (nSPS) is 14.6. The van der Waals surface area contributed by atoms with E-state index in [-0.39, 0.29) is 5.41 Å². The van der Waals surface area contributed by atoms with Gasteiger partial charge in [-0.05, 0) is 46.4 Å². The van der Waals surface area contributed by atoms with Crippen LogP contribution < -0.4 is 0 Å². The third kappa shape index (κ3) is 6.05. The van der Waals surface area contributed by atoms with Crippen molar-refractivity contribution in [1.29, 1.82) is 0 Å². The summed E-state index contributed by atoms with van der Waals surface area (Å²) >= 11 is 0. The summed E-state index contributed by atoms with van der Waals surface area (Å²) in [6, 6.07) is 17.8. The van der Waals surface area contributed by atoms with Gasteiger partial charge in [-0.1, -0.05) is 107 Å². The molecule has 2 aromatic rings. The lowest BCUT2D eigenvalue weighted by atomic mass is 9.87. The summed E-state index contributed by atoms with van der Waals surface area (Å²) in [6.07, 6.45) is 11.3. The molecule has 0 atom stereocenters. The Morgan fingerprint density at radius 2 is 1.16 bits per heavy atom. The molecule has 3 rings (SSSR count). The first-order valence-electron chi connectivity index (χ1n) is 9.58. The fourth-order valence-corrected chi connectivity index (χ4v) is 2.72. The largest absolute Gasteiger partial charge is 0.0683 e. The van der Waals surface area contributed by atoms with Crippen molar-refractivity contribution in [3.05, 3.63) is 82.9 Å². The lowest BCUT2D eigenvalue weighted by molar-refractivity contribution is 0.590. The Bertz CT molecular complexity index is 687. The van der Waals surface area contributed by atoms with Crippen molar-refractivity contribution in [2.45, 2.75) is 58.8 Å². The van der Waals surface area contributed by atoms with Gasteiger partial charge in [0.2, 0.25) is 0 Å². The van der Waals surface area contributed by atoms with Crippen molar-refractivity contribution in [3.8, 4) is 0 Å². The van der Waals surface area contributed by atoms with E-state index in [1.807, 2.05) is 13.8 Å². The summed E-state index contributed by atoms with van der Waals surface area (Å²) in [5.41, 5.74) is 5.60. The van der Waals surface area contributed by atoms with E-state index in [2.05, 4.69) is 93.6 Å². The van der Waals surface area contributed by atoms with Crippen LogP contribution in [0.4, 0.5) is 0 Å². The standard InChI is InChI=1S/C23H26.C2H6/c1-23(2,3)22-16-10-19(11-17-22)7-5-4-6-18-8-12-20(13-9-18)21-14-15-21;1-2/h4-13,16-17,21H,14-15H2,1-3H3;1-2H3/b6-4+,7-5+;. The highest BCUT2D eigenvalue weighted by molar-refractivity contribution is 5.57. The topological polar surface area (TPSA) is 0 Å². The third-order valence-electron chi connectivity index (χ3n) is 4.45. The molecule has 0 saturated heterocycles. The van der Waals surface area contributed by atoms with E-state index in [4.69, 9.17) is 0 Å². The van der Waals surface area contributed by atoms with Gasteiger partial charge in [0.15, 0.2) is 0 Å². The Hall–Kier alpha value is -2.08. The SMILES string of the molecule is CC.CC(C)(C)c1ccc(/C=C/C=C/c2ccc(C3CC3)cc2)cc1. The fourth-order valence-electron chi connectivity index (χ4n) is 2.72. The van der Waals surface area contributed by atoms with Gasteiger partial charge in [0.1, 0.15) is 0 Å². The molecule has 1 fully saturated rings. The second-order valence-corrected chi connectivity index (χ2v) is 7.53. The van der Waals surface area contributed by atoms with Crippen molar-refractivity contribution in [3.63, 3.8) is 0 Å². The van der Waals surface area contributed by atoms with Crippen LogP contribution in [-0.4, -0.2) is 0 Å². The predicted octanol–water partition coefficient (Wildman–Crippen LogP) is 7.61. The van der Waals surface area contributed by atoms with E-state index in [1.165, 1.54) is 35.1 Å². The molecule has 1 aliphatic rings. The number of rotatable bonds is 4. The van der Waals surface area contributed by atoms with Crippen LogP contribution in [0.1, 0.15) is 75.6 Å². The Morgan fingerprint density at radius 1 is 0.720 bits per heavy atom. The zero-order valence-corrected chi connectivity index (χ0v) is 16.4. The molecule has 0 aromatic heterocycles. The molecule has 0 aliphatic heterocycles. The van der Waals surface area contributed by atoms with Gasteiger partial charge in [0, 0.05) is 0 Å². The maximum absolute atomic E-state index is 2.27. The molecule has 1 saturated carbocycles. The average Bonchev–Trinajstić information content (AvgIpc) is 3.46. The van der Waals surface area contributed by atoms with Crippen LogP contribution in [0, 0.1) is 0 Å². The highest BCUT2D eigenvalue weighted by atomic mass is 14.3. The lowest BCUT2D eigenvalue weighted by Gasteiger charge is -2.18. The molecule has 0 spiro atoms. The first-order chi connectivity index (χ1) is 12.0. The highest BCUT2D eigenvalue weighted by Gasteiger charge is 2.22. The summed E-state index contributed by atoms with van der Waals surface area (Å²) in [6.45, 7) is 10.7. The summed E-state index contributed by atoms with van der Waals surface area (Å²) in [5.74, 6) is 0.837. The van der Waals surface area contributed by atoms with Crippen molar-refractivity contribution in [2.24, 2.45) is 0 Å². The quantitative estimate of drug-likeness (QED) is 0.505. The zero-order chi connectivity index (χ0) is 18.3. The van der Waals surface area contributed by atoms with Crippen molar-refractivity contribution in [2.75, 3.05) is 0 Å². The van der Waals surface area contributed by atoms with Crippen LogP contribution in [0.5, 0.6) is 0 Å². The molecule has 2 aromatic carbocycles. The van der Waals surface area contributed by atoms with E-state index in [0.717, 1.165) is 5.92 Å². The molecule has 0 heteroatoms. The highest BCUT2D eigenvalue weighted by Crippen LogP contribution is 2.39. The minimum atomic E-state index is 0.217. The fraction of sp³-hybridized carbons (Fsp3) is 0.360. The van der Waals surface area contributed by atoms with Crippen LogP contribution in [0.2, 0.25) is 0 Å². The maximum atomic E-state index is 2.27. The minimum Gasteiger partial charge on any atom is -0.0683 e. The molecule has 0 heterocycles. The molecular formula is C25H32. The van der Waals surface area contributed by atoms with Crippen molar-refractivity contribution in [1.82, 2.24) is 0 Å². The van der Waals surface area contributed by atoms with Gasteiger partial charge in [-0.25, -0.2) is 0 Å². The molecule has 1 aliphatic carbocycles. The van der Waals surface area contributed by atoms with E-state index in [0.29, 0.717) is 0 Å². The third-order valence-corrected chi connectivity index (χ3v) is 4.45. The molecule has 0 N–H and O–H groups in total. The van der Waals surface area contributed by atoms with Gasteiger partial charge in [-0.2, -0.15) is 0 Å². The molecule has 132 valence electrons. The van der Waals surface area contributed by atoms with Gasteiger partial charge in [-0.3, -0.25) is 0 Å². The van der Waals surface area contributed by atoms with E-state index >= 15 is 0 Å². The molecule has 0 radical (unpaired) electrons. The average molecular weight is 333 g/mol. The van der Waals surface area contributed by atoms with Gasteiger partial charge < -0.3 is 0 Å². The zero-order valence-electron chi connectivity index (χ0n) is 16.4. The van der Waals surface area contributed by atoms with Crippen LogP contribution in [0.15, 0.2) is 60.7 Å². The second kappa shape index (κ2) is 8.85. The van der Waals surface area contributed by atoms with Crippen LogP contribution in [0.25, 0.3) is 12.2 Å². The summed E-state index contributed by atoms with van der Waals surface area (Å²) in [5, 5.41) is 0. The van der Waals surface area contributed by atoms with Gasteiger partial charge in [0.05, 0.1) is 0 Å². The Morgan fingerprint density at radius 3 is 1.56 bits per heavy atom. The van der Waals surface area contributed by atoms with Gasteiger partial charge in [0.25, 0.3) is 0 Å². The number of benzene rings is 2. The summed E-state index contributed by atoms with van der Waals surface area (Å²) < 4.78 is 0. The minimum absolute atomic E-state index is 0.217. The van der Waals surface area contributed by atoms with Gasteiger partial charge in [-0.15, -0.1) is 0 Å². The molecule has 0 bridgehead atoms. The molecule has 0 nitrogen and oxygen atoms in total. The first-order valence-corrected chi connectivity index (χ1v) is 9.58. The number of allylic oxidation sites excluding steroid dienone is 2. The van der Waals surface area contributed by atoms with Crippen LogP contribution in [0.3, 0.4) is 0 Å². The molecule has 0 amide bonds. The lowest BCUT2D eigenvalue weighted by Crippen LogP contribution is -2.10. The first kappa shape index (κ1) is 19.2. The van der Waals surface area contributed by atoms with E-state index in [1.54, 1.807) is 0 Å². The number of hydrogen-bond donors (Lipinski definition) is 0. The smallest absolute Gasteiger partial charge is 0.0132 e. The predicted molar refractivity (Wildman–Crippen MR) is 113 cm³/mol. The Labute approximate surface area is 154 Å². The van der Waals surface area contributed by atoms with E-state index in [9.17, 15) is 0 Å². The van der Waals surface area contributed by atoms with E-state index < -0.39 is 0 Å². The number of hydrogen-bond acceptors (Lipinski definition) is 0. The monoisotopic (exact) mass is 332 g/mol. The second-order valence-electron chi connectivity index (χ2n) is 7.53. The van der Waals surface area contributed by atoms with Crippen molar-refractivity contribution < 1.29 is 0 Å². The molecular weight excluding hydrogens is 300 g/mol. The Kier molecular flexibility index (Phi) is 6.82. The van der Waals surface area contributed by atoms with Gasteiger partial charge >= 0.3 is 0 Å². The maximum Gasteiger partial charge on any atom is -0.0132 e. The van der Waals surface area contributed by atoms with Crippen LogP contribution >= 0.6 is 0 Å². The van der Waals surface area contributed by atoms with Crippen LogP contribution in [-0.2, 0) is 5.41 Å².